The second-order valence-electron chi connectivity index (χ2n) is 9.71. The van der Waals surface area contributed by atoms with Gasteiger partial charge in [0.15, 0.2) is 34.5 Å². The van der Waals surface area contributed by atoms with Gasteiger partial charge in [-0.1, -0.05) is 48.0 Å². The molecular formula is C28H27ClFN5O5. The van der Waals surface area contributed by atoms with Crippen LogP contribution in [0.25, 0.3) is 11.2 Å². The predicted molar refractivity (Wildman–Crippen MR) is 144 cm³/mol. The third kappa shape index (κ3) is 4.98. The fourth-order valence-corrected chi connectivity index (χ4v) is 4.95. The maximum atomic E-state index is 16.7. The highest BCUT2D eigenvalue weighted by molar-refractivity contribution is 6.31. The van der Waals surface area contributed by atoms with Crippen molar-refractivity contribution in [1.82, 2.24) is 19.5 Å². The van der Waals surface area contributed by atoms with Crippen LogP contribution in [-0.2, 0) is 25.5 Å². The lowest BCUT2D eigenvalue weighted by Gasteiger charge is -2.36. The van der Waals surface area contributed by atoms with Crippen molar-refractivity contribution in [2.75, 3.05) is 11.9 Å². The molecule has 0 spiro atoms. The standard InChI is InChI=1S/C28H27ClFN5O5/c1-17(36)40-28(3)21(14-38-25(37)18-9-5-4-6-10-18)39-26(27(28,2)30)35-16-34-22-23(32-15-33-24(22)35)31-13-19-11-7-8-12-20(19)29/h4-12,15-16,21,26H,13-14H2,1-3H3,(H,31,32,33)/t21-,26-,27+,28+/m1/s1. The minimum atomic E-state index is -2.29. The SMILES string of the molecule is CC(=O)O[C@@]1(C)[C@@H](COC(=O)c2ccccc2)O[C@@H](n2cnc3c(NCc4ccccc4Cl)ncnc32)[C@]1(C)F. The van der Waals surface area contributed by atoms with E-state index in [1.165, 1.54) is 38.0 Å². The van der Waals surface area contributed by atoms with Gasteiger partial charge in [-0.2, -0.15) is 0 Å². The minimum absolute atomic E-state index is 0.289. The van der Waals surface area contributed by atoms with Crippen molar-refractivity contribution >= 4 is 40.5 Å². The Bertz CT molecular complexity index is 1550. The molecular weight excluding hydrogens is 541 g/mol. The lowest BCUT2D eigenvalue weighted by atomic mass is 9.84. The van der Waals surface area contributed by atoms with E-state index in [9.17, 15) is 9.59 Å². The van der Waals surface area contributed by atoms with E-state index in [4.69, 9.17) is 25.8 Å². The number of aromatic nitrogens is 4. The first-order valence-electron chi connectivity index (χ1n) is 12.5. The van der Waals surface area contributed by atoms with E-state index in [0.29, 0.717) is 28.5 Å². The van der Waals surface area contributed by atoms with Crippen molar-refractivity contribution in [1.29, 1.82) is 0 Å². The highest BCUT2D eigenvalue weighted by atomic mass is 35.5. The third-order valence-corrected chi connectivity index (χ3v) is 7.46. The van der Waals surface area contributed by atoms with Crippen LogP contribution in [0.2, 0.25) is 5.02 Å². The molecule has 5 rings (SSSR count). The van der Waals surface area contributed by atoms with E-state index >= 15 is 4.39 Å². The number of hydrogen-bond acceptors (Lipinski definition) is 9. The zero-order valence-corrected chi connectivity index (χ0v) is 22.8. The first-order valence-corrected chi connectivity index (χ1v) is 12.9. The molecule has 1 aliphatic rings. The summed E-state index contributed by atoms with van der Waals surface area (Å²) in [5.74, 6) is -0.911. The molecule has 0 amide bonds. The van der Waals surface area contributed by atoms with E-state index in [1.807, 2.05) is 18.2 Å². The summed E-state index contributed by atoms with van der Waals surface area (Å²) in [7, 11) is 0. The summed E-state index contributed by atoms with van der Waals surface area (Å²) in [6, 6.07) is 15.7. The van der Waals surface area contributed by atoms with Gasteiger partial charge in [-0.15, -0.1) is 0 Å². The molecule has 3 heterocycles. The molecule has 2 aromatic carbocycles. The van der Waals surface area contributed by atoms with Gasteiger partial charge in [0.25, 0.3) is 0 Å². The van der Waals surface area contributed by atoms with Gasteiger partial charge in [0, 0.05) is 18.5 Å². The Morgan fingerprint density at radius 1 is 1.10 bits per heavy atom. The molecule has 10 nitrogen and oxygen atoms in total. The van der Waals surface area contributed by atoms with Gasteiger partial charge in [-0.05, 0) is 37.6 Å². The molecule has 0 unspecified atom stereocenters. The van der Waals surface area contributed by atoms with Crippen molar-refractivity contribution in [3.8, 4) is 0 Å². The van der Waals surface area contributed by atoms with Gasteiger partial charge in [-0.3, -0.25) is 9.36 Å². The number of imidazole rings is 1. The van der Waals surface area contributed by atoms with Crippen LogP contribution in [0.5, 0.6) is 0 Å². The third-order valence-electron chi connectivity index (χ3n) is 7.09. The van der Waals surface area contributed by atoms with Gasteiger partial charge in [0.1, 0.15) is 19.0 Å². The average Bonchev–Trinajstić information content (AvgIpc) is 3.43. The molecule has 4 aromatic rings. The number of halogens is 2. The summed E-state index contributed by atoms with van der Waals surface area (Å²) < 4.78 is 35.2. The molecule has 1 fully saturated rings. The fourth-order valence-electron chi connectivity index (χ4n) is 4.74. The number of nitrogens with zero attached hydrogens (tertiary/aromatic N) is 4. The van der Waals surface area contributed by atoms with Crippen LogP contribution >= 0.6 is 11.6 Å². The lowest BCUT2D eigenvalue weighted by molar-refractivity contribution is -0.175. The van der Waals surface area contributed by atoms with Gasteiger partial charge in [0.2, 0.25) is 0 Å². The minimum Gasteiger partial charge on any atom is -0.459 e. The molecule has 208 valence electrons. The maximum Gasteiger partial charge on any atom is 0.338 e. The number of ether oxygens (including phenoxy) is 3. The smallest absolute Gasteiger partial charge is 0.338 e. The lowest BCUT2D eigenvalue weighted by Crippen LogP contribution is -2.55. The zero-order valence-electron chi connectivity index (χ0n) is 22.0. The number of carbonyl (C=O) groups is 2. The van der Waals surface area contributed by atoms with E-state index in [-0.39, 0.29) is 12.3 Å². The summed E-state index contributed by atoms with van der Waals surface area (Å²) in [6.07, 6.45) is 0.245. The largest absolute Gasteiger partial charge is 0.459 e. The first kappa shape index (κ1) is 27.5. The predicted octanol–water partition coefficient (Wildman–Crippen LogP) is 4.90. The van der Waals surface area contributed by atoms with Crippen molar-refractivity contribution < 1.29 is 28.2 Å². The molecule has 1 saturated heterocycles. The van der Waals surface area contributed by atoms with Crippen molar-refractivity contribution in [3.63, 3.8) is 0 Å². The normalized spacial score (nSPS) is 24.1. The van der Waals surface area contributed by atoms with Crippen LogP contribution in [0.1, 0.15) is 42.9 Å². The average molecular weight is 568 g/mol. The zero-order chi connectivity index (χ0) is 28.5. The van der Waals surface area contributed by atoms with E-state index in [1.54, 1.807) is 36.4 Å². The Morgan fingerprint density at radius 2 is 1.82 bits per heavy atom. The number of esters is 2. The van der Waals surface area contributed by atoms with Crippen molar-refractivity contribution in [3.05, 3.63) is 83.4 Å². The summed E-state index contributed by atoms with van der Waals surface area (Å²) >= 11 is 6.27. The quantitative estimate of drug-likeness (QED) is 0.297. The van der Waals surface area contributed by atoms with Crippen molar-refractivity contribution in [2.24, 2.45) is 0 Å². The second-order valence-corrected chi connectivity index (χ2v) is 10.1. The number of anilines is 1. The highest BCUT2D eigenvalue weighted by Gasteiger charge is 2.66. The first-order chi connectivity index (χ1) is 19.1. The van der Waals surface area contributed by atoms with Crippen molar-refractivity contribution in [2.45, 2.75) is 50.9 Å². The molecule has 0 saturated carbocycles. The number of hydrogen-bond donors (Lipinski definition) is 1. The van der Waals surface area contributed by atoms with E-state index in [2.05, 4.69) is 20.3 Å². The van der Waals surface area contributed by atoms with Crippen LogP contribution in [0.4, 0.5) is 10.2 Å². The van der Waals surface area contributed by atoms with Gasteiger partial charge >= 0.3 is 11.9 Å². The molecule has 0 bridgehead atoms. The second kappa shape index (κ2) is 10.8. The van der Waals surface area contributed by atoms with Crippen LogP contribution in [0, 0.1) is 0 Å². The Labute approximate surface area is 234 Å². The van der Waals surface area contributed by atoms with Gasteiger partial charge < -0.3 is 19.5 Å². The van der Waals surface area contributed by atoms with Gasteiger partial charge in [-0.25, -0.2) is 24.1 Å². The van der Waals surface area contributed by atoms with Crippen LogP contribution in [-0.4, -0.2) is 55.4 Å². The summed E-state index contributed by atoms with van der Waals surface area (Å²) in [4.78, 5) is 37.6. The molecule has 4 atom stereocenters. The number of benzene rings is 2. The summed E-state index contributed by atoms with van der Waals surface area (Å²) in [5.41, 5.74) is -2.25. The molecule has 12 heteroatoms. The maximum absolute atomic E-state index is 16.7. The monoisotopic (exact) mass is 567 g/mol. The number of fused-ring (bicyclic) bond motifs is 1. The molecule has 40 heavy (non-hydrogen) atoms. The summed E-state index contributed by atoms with van der Waals surface area (Å²) in [5, 5.41) is 3.80. The Hall–Kier alpha value is -4.09. The Balaban J connectivity index is 1.43. The Morgan fingerprint density at radius 3 is 2.55 bits per heavy atom. The van der Waals surface area contributed by atoms with E-state index < -0.39 is 35.5 Å². The number of alkyl halides is 1. The fraction of sp³-hybridized carbons (Fsp3) is 0.321. The van der Waals surface area contributed by atoms with E-state index in [0.717, 1.165) is 5.56 Å². The number of rotatable bonds is 8. The van der Waals surface area contributed by atoms with Crippen LogP contribution in [0.15, 0.2) is 67.3 Å². The highest BCUT2D eigenvalue weighted by Crippen LogP contribution is 2.51. The molecule has 1 aliphatic heterocycles. The topological polar surface area (TPSA) is 117 Å². The van der Waals surface area contributed by atoms with Crippen LogP contribution in [0.3, 0.4) is 0 Å². The molecule has 1 N–H and O–H groups in total. The Kier molecular flexibility index (Phi) is 7.43. The molecule has 0 aliphatic carbocycles. The van der Waals surface area contributed by atoms with Gasteiger partial charge in [0.05, 0.1) is 11.9 Å². The molecule has 2 aromatic heterocycles. The van der Waals surface area contributed by atoms with Crippen LogP contribution < -0.4 is 5.32 Å². The number of nitrogens with one attached hydrogen (secondary N) is 1. The summed E-state index contributed by atoms with van der Waals surface area (Å²) in [6.45, 7) is 3.88. The number of carbonyl (C=O) groups excluding carboxylic acids is 2. The molecule has 0 radical (unpaired) electrons.